The van der Waals surface area contributed by atoms with Crippen LogP contribution < -0.4 is 16.9 Å². The molecule has 0 aromatic rings. The Labute approximate surface area is 81.8 Å². The summed E-state index contributed by atoms with van der Waals surface area (Å²) in [5.41, 5.74) is 12.1. The number of nitrogens with zero attached hydrogens (tertiary/aromatic N) is 1. The van der Waals surface area contributed by atoms with Crippen molar-refractivity contribution in [2.24, 2.45) is 16.5 Å². The van der Waals surface area contributed by atoms with Gasteiger partial charge >= 0.3 is 5.97 Å². The lowest BCUT2D eigenvalue weighted by Gasteiger charge is -2.04. The van der Waals surface area contributed by atoms with Crippen LogP contribution in [0.5, 0.6) is 0 Å². The summed E-state index contributed by atoms with van der Waals surface area (Å²) in [7, 11) is 0. The van der Waals surface area contributed by atoms with Crippen molar-refractivity contribution in [1.29, 1.82) is 0 Å². The van der Waals surface area contributed by atoms with Gasteiger partial charge in [0.25, 0.3) is 0 Å². The summed E-state index contributed by atoms with van der Waals surface area (Å²) in [5.74, 6) is -1.04. The highest BCUT2D eigenvalue weighted by atomic mass is 16.5. The highest BCUT2D eigenvalue weighted by Crippen LogP contribution is 1.99. The molecule has 0 aromatic carbocycles. The number of aliphatic carboxylic acids is 1. The molecule has 0 aliphatic carbocycles. The number of nitrogens with two attached hydrogens (primary N) is 2. The van der Waals surface area contributed by atoms with E-state index in [4.69, 9.17) is 21.8 Å². The van der Waals surface area contributed by atoms with Crippen LogP contribution in [0.1, 0.15) is 19.3 Å². The Hall–Kier alpha value is -1.34. The molecule has 0 saturated heterocycles. The zero-order valence-corrected chi connectivity index (χ0v) is 7.81. The van der Waals surface area contributed by atoms with E-state index in [1.54, 1.807) is 5.48 Å². The van der Waals surface area contributed by atoms with Crippen LogP contribution in [-0.4, -0.2) is 34.8 Å². The molecule has 7 N–H and O–H groups in total. The van der Waals surface area contributed by atoms with Crippen molar-refractivity contribution >= 4 is 11.9 Å². The van der Waals surface area contributed by atoms with E-state index < -0.39 is 12.0 Å². The second kappa shape index (κ2) is 7.10. The number of aliphatic imine (C=N–C) groups is 1. The molecule has 0 unspecified atom stereocenters. The molecule has 0 amide bonds. The van der Waals surface area contributed by atoms with Gasteiger partial charge in [0.15, 0.2) is 0 Å². The summed E-state index contributed by atoms with van der Waals surface area (Å²) in [4.78, 5) is 14.0. The van der Waals surface area contributed by atoms with Crippen molar-refractivity contribution in [2.75, 3.05) is 6.54 Å². The third-order valence-corrected chi connectivity index (χ3v) is 1.64. The molecule has 7 heteroatoms. The number of hydrogen-bond acceptors (Lipinski definition) is 4. The van der Waals surface area contributed by atoms with Gasteiger partial charge in [-0.15, -0.1) is 0 Å². The van der Waals surface area contributed by atoms with Crippen LogP contribution in [-0.2, 0) is 4.79 Å². The van der Waals surface area contributed by atoms with E-state index in [-0.39, 0.29) is 5.96 Å². The Morgan fingerprint density at radius 2 is 2.14 bits per heavy atom. The summed E-state index contributed by atoms with van der Waals surface area (Å²) in [6.07, 6.45) is 1.76. The summed E-state index contributed by atoms with van der Waals surface area (Å²) in [5, 5.41) is 16.7. The fourth-order valence-corrected chi connectivity index (χ4v) is 0.834. The van der Waals surface area contributed by atoms with Crippen LogP contribution >= 0.6 is 0 Å². The minimum absolute atomic E-state index is 0.0486. The molecule has 0 aliphatic rings. The van der Waals surface area contributed by atoms with Gasteiger partial charge in [-0.05, 0) is 19.3 Å². The maximum absolute atomic E-state index is 10.3. The number of carbonyl (C=O) groups is 1. The van der Waals surface area contributed by atoms with Crippen molar-refractivity contribution in [3.8, 4) is 0 Å². The standard InChI is InChI=1S/C7H16N4O3/c8-5(6(12)13)3-1-2-4-10-7(9)11-14/h5,14H,1-4,8H2,(H,12,13)(H3,9,10,11)/t5-/m0/s1. The lowest BCUT2D eigenvalue weighted by Crippen LogP contribution is -2.30. The first-order valence-electron chi connectivity index (χ1n) is 4.26. The molecule has 0 spiro atoms. The third-order valence-electron chi connectivity index (χ3n) is 1.64. The van der Waals surface area contributed by atoms with Gasteiger partial charge in [-0.1, -0.05) is 0 Å². The normalized spacial score (nSPS) is 13.7. The number of hydrogen-bond donors (Lipinski definition) is 5. The fraction of sp³-hybridized carbons (Fsp3) is 0.714. The first-order chi connectivity index (χ1) is 6.57. The zero-order valence-electron chi connectivity index (χ0n) is 7.81. The van der Waals surface area contributed by atoms with Crippen LogP contribution in [0.4, 0.5) is 0 Å². The molecular weight excluding hydrogens is 188 g/mol. The van der Waals surface area contributed by atoms with E-state index in [0.29, 0.717) is 25.8 Å². The van der Waals surface area contributed by atoms with Gasteiger partial charge in [0, 0.05) is 6.54 Å². The number of carboxylic acids is 1. The van der Waals surface area contributed by atoms with Gasteiger partial charge in [0.2, 0.25) is 5.96 Å². The van der Waals surface area contributed by atoms with Crippen LogP contribution in [0.15, 0.2) is 4.99 Å². The van der Waals surface area contributed by atoms with Crippen LogP contribution in [0.3, 0.4) is 0 Å². The highest BCUT2D eigenvalue weighted by molar-refractivity contribution is 5.76. The maximum atomic E-state index is 10.3. The van der Waals surface area contributed by atoms with Gasteiger partial charge in [-0.25, -0.2) is 5.48 Å². The molecule has 0 saturated carbocycles. The molecule has 0 rings (SSSR count). The average molecular weight is 204 g/mol. The van der Waals surface area contributed by atoms with Crippen molar-refractivity contribution in [2.45, 2.75) is 25.3 Å². The molecule has 14 heavy (non-hydrogen) atoms. The molecule has 82 valence electrons. The zero-order chi connectivity index (χ0) is 11.0. The molecular formula is C7H16N4O3. The predicted octanol–water partition coefficient (Wildman–Crippen LogP) is -1.14. The Morgan fingerprint density at radius 3 is 2.64 bits per heavy atom. The van der Waals surface area contributed by atoms with E-state index in [0.717, 1.165) is 0 Å². The monoisotopic (exact) mass is 204 g/mol. The van der Waals surface area contributed by atoms with Gasteiger partial charge in [-0.2, -0.15) is 0 Å². The SMILES string of the molecule is NC(=NCCCC[C@H](N)C(=O)O)NO. The number of hydroxylamine groups is 1. The maximum Gasteiger partial charge on any atom is 0.320 e. The Kier molecular flexibility index (Phi) is 6.42. The largest absolute Gasteiger partial charge is 0.480 e. The molecule has 7 nitrogen and oxygen atoms in total. The number of unbranched alkanes of at least 4 members (excludes halogenated alkanes) is 1. The van der Waals surface area contributed by atoms with Gasteiger partial charge < -0.3 is 16.6 Å². The number of nitrogens with one attached hydrogen (secondary N) is 1. The van der Waals surface area contributed by atoms with Crippen molar-refractivity contribution in [3.63, 3.8) is 0 Å². The molecule has 0 fully saturated rings. The minimum atomic E-state index is -0.995. The van der Waals surface area contributed by atoms with Crippen molar-refractivity contribution in [3.05, 3.63) is 0 Å². The summed E-state index contributed by atoms with van der Waals surface area (Å²) < 4.78 is 0. The van der Waals surface area contributed by atoms with Gasteiger partial charge in [-0.3, -0.25) is 15.0 Å². The summed E-state index contributed by atoms with van der Waals surface area (Å²) in [6.45, 7) is 0.436. The lowest BCUT2D eigenvalue weighted by atomic mass is 10.1. The second-order valence-electron chi connectivity index (χ2n) is 2.82. The van der Waals surface area contributed by atoms with Gasteiger partial charge in [0.05, 0.1) is 0 Å². The predicted molar refractivity (Wildman–Crippen MR) is 50.9 cm³/mol. The van der Waals surface area contributed by atoms with E-state index in [9.17, 15) is 4.79 Å². The fourth-order valence-electron chi connectivity index (χ4n) is 0.834. The highest BCUT2D eigenvalue weighted by Gasteiger charge is 2.09. The van der Waals surface area contributed by atoms with Crippen molar-refractivity contribution < 1.29 is 15.1 Å². The molecule has 0 aliphatic heterocycles. The average Bonchev–Trinajstić information content (AvgIpc) is 2.16. The van der Waals surface area contributed by atoms with Crippen molar-refractivity contribution in [1.82, 2.24) is 5.48 Å². The lowest BCUT2D eigenvalue weighted by molar-refractivity contribution is -0.138. The molecule has 0 radical (unpaired) electrons. The van der Waals surface area contributed by atoms with Crippen LogP contribution in [0, 0.1) is 0 Å². The van der Waals surface area contributed by atoms with Crippen LogP contribution in [0.2, 0.25) is 0 Å². The van der Waals surface area contributed by atoms with E-state index >= 15 is 0 Å². The smallest absolute Gasteiger partial charge is 0.320 e. The number of carboxylic acid groups (broad SMARTS) is 1. The first-order valence-corrected chi connectivity index (χ1v) is 4.26. The Balaban J connectivity index is 3.43. The summed E-state index contributed by atoms with van der Waals surface area (Å²) in [6, 6.07) is -0.813. The quantitative estimate of drug-likeness (QED) is 0.161. The number of guanidine groups is 1. The van der Waals surface area contributed by atoms with Crippen LogP contribution in [0.25, 0.3) is 0 Å². The molecule has 0 heterocycles. The van der Waals surface area contributed by atoms with E-state index in [2.05, 4.69) is 4.99 Å². The Bertz CT molecular complexity index is 207. The number of rotatable bonds is 6. The third kappa shape index (κ3) is 6.21. The Morgan fingerprint density at radius 1 is 1.50 bits per heavy atom. The van der Waals surface area contributed by atoms with Gasteiger partial charge in [0.1, 0.15) is 6.04 Å². The molecule has 0 bridgehead atoms. The van der Waals surface area contributed by atoms with E-state index in [1.807, 2.05) is 0 Å². The van der Waals surface area contributed by atoms with E-state index in [1.165, 1.54) is 0 Å². The topological polar surface area (TPSA) is 134 Å². The minimum Gasteiger partial charge on any atom is -0.480 e. The molecule has 1 atom stereocenters. The second-order valence-corrected chi connectivity index (χ2v) is 2.82. The molecule has 0 aromatic heterocycles. The summed E-state index contributed by atoms with van der Waals surface area (Å²) >= 11 is 0. The first kappa shape index (κ1) is 12.7.